The van der Waals surface area contributed by atoms with Gasteiger partial charge in [-0.05, 0) is 44.4 Å². The van der Waals surface area contributed by atoms with Crippen LogP contribution in [0.4, 0.5) is 5.82 Å². The Hall–Kier alpha value is -3.73. The van der Waals surface area contributed by atoms with Crippen LogP contribution >= 0.6 is 23.3 Å². The van der Waals surface area contributed by atoms with Gasteiger partial charge in [0.25, 0.3) is 11.8 Å². The van der Waals surface area contributed by atoms with Crippen LogP contribution in [0.5, 0.6) is 17.5 Å². The number of methoxy groups -OCH3 is 2. The number of ether oxygens (including phenoxy) is 3. The van der Waals surface area contributed by atoms with E-state index >= 15 is 0 Å². The predicted octanol–water partition coefficient (Wildman–Crippen LogP) is 2.75. The maximum absolute atomic E-state index is 14.0. The van der Waals surface area contributed by atoms with E-state index < -0.39 is 50.7 Å². The summed E-state index contributed by atoms with van der Waals surface area (Å²) in [6, 6.07) is 4.41. The van der Waals surface area contributed by atoms with Crippen LogP contribution in [0.3, 0.4) is 0 Å². The number of anilines is 1. The number of hydrogen-bond acceptors (Lipinski definition) is 13. The number of nitrogens with one attached hydrogen (secondary N) is 3. The van der Waals surface area contributed by atoms with Crippen molar-refractivity contribution in [1.82, 2.24) is 28.7 Å². The van der Waals surface area contributed by atoms with Crippen molar-refractivity contribution in [2.24, 2.45) is 5.92 Å². The number of fused-ring (bicyclic) bond motifs is 1. The van der Waals surface area contributed by atoms with E-state index in [0.29, 0.717) is 59.7 Å². The molecule has 3 fully saturated rings. The van der Waals surface area contributed by atoms with Gasteiger partial charge in [-0.15, -0.1) is 11.0 Å². The summed E-state index contributed by atoms with van der Waals surface area (Å²) in [6.07, 6.45) is 4.20. The lowest BCUT2D eigenvalue weighted by Crippen LogP contribution is -2.56. The Bertz CT molecular complexity index is 1800. The average Bonchev–Trinajstić information content (AvgIpc) is 3.93. The Morgan fingerprint density at radius 1 is 1.21 bits per heavy atom. The first-order valence-corrected chi connectivity index (χ1v) is 17.8. The highest BCUT2D eigenvalue weighted by Gasteiger charge is 2.61. The molecule has 1 aliphatic heterocycles. The topological polar surface area (TPSA) is 174 Å². The number of sulfonamides is 1. The summed E-state index contributed by atoms with van der Waals surface area (Å²) in [5.41, 5.74) is -1.40. The van der Waals surface area contributed by atoms with E-state index in [9.17, 15) is 18.0 Å². The van der Waals surface area contributed by atoms with E-state index in [4.69, 9.17) is 25.8 Å². The maximum Gasteiger partial charge on any atom is 0.270 e. The molecule has 0 bridgehead atoms. The van der Waals surface area contributed by atoms with E-state index in [1.165, 1.54) is 7.11 Å². The zero-order valence-electron chi connectivity index (χ0n) is 26.1. The van der Waals surface area contributed by atoms with Crippen LogP contribution in [0.1, 0.15) is 32.6 Å². The van der Waals surface area contributed by atoms with Crippen molar-refractivity contribution in [2.75, 3.05) is 32.6 Å². The Kier molecular flexibility index (Phi) is 9.21. The molecule has 0 radical (unpaired) electrons. The average molecular weight is 706 g/mol. The van der Waals surface area contributed by atoms with E-state index in [1.54, 1.807) is 31.5 Å². The largest absolute Gasteiger partial charge is 0.494 e. The SMILES string of the molecule is C=C[C@@H]1C[C@]1(NC(=O)[C@@H]1C[C@@H](Oc2ncc(OC)c3ccc(Cl)cc23)CN1CC(C)Nc1nsnc1OC)C(=O)NS(=O)(=O)C1CC1. The number of rotatable bonds is 14. The first-order chi connectivity index (χ1) is 22.5. The summed E-state index contributed by atoms with van der Waals surface area (Å²) in [5, 5.41) is 7.54. The van der Waals surface area contributed by atoms with Gasteiger partial charge in [-0.25, -0.2) is 13.4 Å². The van der Waals surface area contributed by atoms with Crippen molar-refractivity contribution in [3.8, 4) is 17.5 Å². The van der Waals surface area contributed by atoms with Crippen LogP contribution in [0, 0.1) is 5.92 Å². The lowest BCUT2D eigenvalue weighted by atomic mass is 10.1. The van der Waals surface area contributed by atoms with Crippen molar-refractivity contribution < 1.29 is 32.2 Å². The van der Waals surface area contributed by atoms with Crippen LogP contribution in [0.15, 0.2) is 37.1 Å². The fraction of sp³-hybridized carbons (Fsp3) is 0.500. The number of carbonyl (C=O) groups is 2. The highest BCUT2D eigenvalue weighted by molar-refractivity contribution is 7.91. The van der Waals surface area contributed by atoms with Crippen molar-refractivity contribution >= 4 is 61.8 Å². The fourth-order valence-corrected chi connectivity index (χ4v) is 8.08. The Labute approximate surface area is 281 Å². The van der Waals surface area contributed by atoms with Crippen molar-refractivity contribution in [2.45, 2.75) is 61.6 Å². The second kappa shape index (κ2) is 13.1. The molecule has 47 heavy (non-hydrogen) atoms. The molecule has 5 atom stereocenters. The third-order valence-corrected chi connectivity index (χ3v) is 11.3. The van der Waals surface area contributed by atoms with Crippen LogP contribution in [-0.2, 0) is 19.6 Å². The molecule has 1 saturated heterocycles. The van der Waals surface area contributed by atoms with Gasteiger partial charge >= 0.3 is 0 Å². The minimum absolute atomic E-state index is 0.205. The first kappa shape index (κ1) is 33.2. The Morgan fingerprint density at radius 3 is 2.68 bits per heavy atom. The number of benzene rings is 1. The standard InChI is InChI=1S/C30H36ClN7O7S2/c1-5-17-12-30(17,29(40)37-47(41,42)20-7-8-20)34-26(39)23-11-19(15-38(23)14-16(2)33-25-28(44-4)36-46-35-25)45-27-22-10-18(31)6-9-21(22)24(43-3)13-32-27/h5-6,9-10,13,16-17,19-20,23H,1,7-8,11-12,14-15H2,2-4H3,(H,33,35)(H,34,39)(H,37,40)/t16?,17-,19-,23+,30-/m1/s1. The van der Waals surface area contributed by atoms with Gasteiger partial charge in [0, 0.05) is 47.3 Å². The van der Waals surface area contributed by atoms with Crippen LogP contribution in [0.25, 0.3) is 10.8 Å². The number of halogens is 1. The van der Waals surface area contributed by atoms with Crippen molar-refractivity contribution in [1.29, 1.82) is 0 Å². The van der Waals surface area contributed by atoms with Crippen LogP contribution in [0.2, 0.25) is 5.02 Å². The molecular formula is C30H36ClN7O7S2. The molecule has 252 valence electrons. The number of pyridine rings is 1. The summed E-state index contributed by atoms with van der Waals surface area (Å²) in [5.74, 6) is 0.186. The summed E-state index contributed by atoms with van der Waals surface area (Å²) in [6.45, 7) is 6.47. The zero-order chi connectivity index (χ0) is 33.5. The number of aromatic nitrogens is 3. The number of nitrogens with zero attached hydrogens (tertiary/aromatic N) is 4. The molecule has 2 saturated carbocycles. The number of hydrogen-bond donors (Lipinski definition) is 3. The molecule has 6 rings (SSSR count). The van der Waals surface area contributed by atoms with Crippen LogP contribution in [-0.4, -0.2) is 95.1 Å². The molecule has 3 aromatic rings. The highest BCUT2D eigenvalue weighted by atomic mass is 35.5. The second-order valence-corrected chi connectivity index (χ2v) is 15.0. The Morgan fingerprint density at radius 2 is 2.00 bits per heavy atom. The zero-order valence-corrected chi connectivity index (χ0v) is 28.5. The quantitative estimate of drug-likeness (QED) is 0.210. The smallest absolute Gasteiger partial charge is 0.270 e. The van der Waals surface area contributed by atoms with E-state index in [0.717, 1.165) is 17.1 Å². The lowest BCUT2D eigenvalue weighted by Gasteiger charge is -2.28. The van der Waals surface area contributed by atoms with Gasteiger partial charge in [-0.2, -0.15) is 4.37 Å². The van der Waals surface area contributed by atoms with Crippen molar-refractivity contribution in [3.63, 3.8) is 0 Å². The molecule has 3 N–H and O–H groups in total. The van der Waals surface area contributed by atoms with Crippen molar-refractivity contribution in [3.05, 3.63) is 42.1 Å². The number of carbonyl (C=O) groups excluding carboxylic acids is 2. The number of amides is 2. The molecule has 3 aliphatic rings. The lowest BCUT2D eigenvalue weighted by molar-refractivity contribution is -0.131. The van der Waals surface area contributed by atoms with E-state index in [1.807, 2.05) is 17.9 Å². The molecule has 1 unspecified atom stereocenters. The molecule has 2 amide bonds. The van der Waals surface area contributed by atoms with E-state index in [-0.39, 0.29) is 18.9 Å². The Balaban J connectivity index is 1.24. The van der Waals surface area contributed by atoms with Gasteiger partial charge in [-0.1, -0.05) is 17.7 Å². The van der Waals surface area contributed by atoms with Crippen LogP contribution < -0.4 is 29.6 Å². The third-order valence-electron chi connectivity index (χ3n) is 8.73. The van der Waals surface area contributed by atoms with Gasteiger partial charge in [-0.3, -0.25) is 19.2 Å². The van der Waals surface area contributed by atoms with Gasteiger partial charge in [0.15, 0.2) is 0 Å². The summed E-state index contributed by atoms with van der Waals surface area (Å²) in [4.78, 5) is 33.8. The first-order valence-electron chi connectivity index (χ1n) is 15.1. The van der Waals surface area contributed by atoms with Gasteiger partial charge < -0.3 is 24.8 Å². The van der Waals surface area contributed by atoms with Gasteiger partial charge in [0.05, 0.1) is 43.4 Å². The summed E-state index contributed by atoms with van der Waals surface area (Å²) >= 11 is 7.33. The molecule has 3 heterocycles. The minimum Gasteiger partial charge on any atom is -0.494 e. The van der Waals surface area contributed by atoms with Gasteiger partial charge in [0.1, 0.15) is 17.4 Å². The number of likely N-dealkylation sites (tertiary alicyclic amines) is 1. The molecule has 2 aliphatic carbocycles. The normalized spacial score (nSPS) is 24.7. The van der Waals surface area contributed by atoms with Gasteiger partial charge in [0.2, 0.25) is 27.6 Å². The molecule has 14 nitrogen and oxygen atoms in total. The maximum atomic E-state index is 14.0. The molecule has 1 aromatic carbocycles. The molecule has 2 aromatic heterocycles. The third kappa shape index (κ3) is 6.82. The second-order valence-electron chi connectivity index (χ2n) is 12.1. The molecular weight excluding hydrogens is 670 g/mol. The highest BCUT2D eigenvalue weighted by Crippen LogP contribution is 2.45. The fourth-order valence-electron chi connectivity index (χ4n) is 6.05. The molecule has 0 spiro atoms. The summed E-state index contributed by atoms with van der Waals surface area (Å²) < 4.78 is 52.9. The summed E-state index contributed by atoms with van der Waals surface area (Å²) in [7, 11) is -0.746. The minimum atomic E-state index is -3.81. The molecule has 17 heteroatoms. The predicted molar refractivity (Wildman–Crippen MR) is 177 cm³/mol. The monoisotopic (exact) mass is 705 g/mol. The van der Waals surface area contributed by atoms with E-state index in [2.05, 4.69) is 35.7 Å².